The molecule has 0 amide bonds. The fourth-order valence-corrected chi connectivity index (χ4v) is 3.25. The van der Waals surface area contributed by atoms with Gasteiger partial charge in [0.25, 0.3) is 0 Å². The van der Waals surface area contributed by atoms with Gasteiger partial charge in [-0.3, -0.25) is 4.99 Å². The van der Waals surface area contributed by atoms with Crippen LogP contribution in [0.3, 0.4) is 0 Å². The van der Waals surface area contributed by atoms with Crippen LogP contribution in [-0.4, -0.2) is 30.3 Å². The number of para-hydroxylation sites is 1. The number of hydrogen-bond donors (Lipinski definition) is 3. The van der Waals surface area contributed by atoms with Gasteiger partial charge in [-0.1, -0.05) is 24.6 Å². The molecule has 5 nitrogen and oxygen atoms in total. The largest absolute Gasteiger partial charge is 0.459 e. The normalized spacial score (nSPS) is 21.8. The van der Waals surface area contributed by atoms with Crippen molar-refractivity contribution in [3.8, 4) is 0 Å². The molecule has 1 aromatic carbocycles. The van der Waals surface area contributed by atoms with Crippen molar-refractivity contribution in [1.82, 2.24) is 10.6 Å². The number of aliphatic imine (C=N–C) groups is 1. The van der Waals surface area contributed by atoms with Crippen molar-refractivity contribution in [2.75, 3.05) is 13.1 Å². The maximum absolute atomic E-state index is 9.95. The van der Waals surface area contributed by atoms with Gasteiger partial charge in [-0.15, -0.1) is 24.0 Å². The van der Waals surface area contributed by atoms with Crippen molar-refractivity contribution in [2.24, 2.45) is 10.9 Å². The van der Waals surface area contributed by atoms with Crippen molar-refractivity contribution < 1.29 is 9.52 Å². The van der Waals surface area contributed by atoms with E-state index in [9.17, 15) is 5.11 Å². The van der Waals surface area contributed by atoms with Gasteiger partial charge in [-0.25, -0.2) is 0 Å². The summed E-state index contributed by atoms with van der Waals surface area (Å²) in [6.45, 7) is 5.57. The molecule has 1 aliphatic rings. The van der Waals surface area contributed by atoms with Gasteiger partial charge in [-0.05, 0) is 38.8 Å². The van der Waals surface area contributed by atoms with Gasteiger partial charge < -0.3 is 20.2 Å². The first-order valence-electron chi connectivity index (χ1n) is 8.88. The van der Waals surface area contributed by atoms with Gasteiger partial charge >= 0.3 is 0 Å². The van der Waals surface area contributed by atoms with Crippen molar-refractivity contribution in [1.29, 1.82) is 0 Å². The van der Waals surface area contributed by atoms with Gasteiger partial charge in [0, 0.05) is 24.4 Å². The second-order valence-electron chi connectivity index (χ2n) is 6.53. The Labute approximate surface area is 166 Å². The lowest BCUT2D eigenvalue weighted by atomic mass is 10.1. The monoisotopic (exact) mass is 457 g/mol. The van der Waals surface area contributed by atoms with Crippen LogP contribution in [0.1, 0.15) is 44.9 Å². The molecule has 1 saturated carbocycles. The highest BCUT2D eigenvalue weighted by atomic mass is 127. The van der Waals surface area contributed by atoms with Crippen LogP contribution in [0.2, 0.25) is 0 Å². The lowest BCUT2D eigenvalue weighted by Gasteiger charge is -2.18. The summed E-state index contributed by atoms with van der Waals surface area (Å²) in [6.07, 6.45) is 2.85. The number of guanidine groups is 1. The number of nitrogens with one attached hydrogen (secondary N) is 2. The minimum Gasteiger partial charge on any atom is -0.459 e. The van der Waals surface area contributed by atoms with E-state index in [2.05, 4.69) is 34.7 Å². The molecule has 0 spiro atoms. The molecule has 1 aliphatic carbocycles. The van der Waals surface area contributed by atoms with E-state index in [0.717, 1.165) is 48.5 Å². The number of aliphatic hydroxyl groups is 1. The third kappa shape index (κ3) is 5.10. The van der Waals surface area contributed by atoms with E-state index in [1.165, 1.54) is 0 Å². The Bertz CT molecular complexity index is 668. The van der Waals surface area contributed by atoms with Crippen molar-refractivity contribution in [3.63, 3.8) is 0 Å². The summed E-state index contributed by atoms with van der Waals surface area (Å²) in [5.74, 6) is 1.94. The molecule has 6 heteroatoms. The van der Waals surface area contributed by atoms with Gasteiger partial charge in [0.05, 0.1) is 12.1 Å². The molecule has 0 saturated heterocycles. The molecule has 138 valence electrons. The summed E-state index contributed by atoms with van der Waals surface area (Å²) < 4.78 is 5.92. The number of benzene rings is 1. The second-order valence-corrected chi connectivity index (χ2v) is 6.53. The summed E-state index contributed by atoms with van der Waals surface area (Å²) >= 11 is 0. The van der Waals surface area contributed by atoms with E-state index in [4.69, 9.17) is 4.42 Å². The predicted molar refractivity (Wildman–Crippen MR) is 113 cm³/mol. The van der Waals surface area contributed by atoms with E-state index in [-0.39, 0.29) is 42.0 Å². The summed E-state index contributed by atoms with van der Waals surface area (Å²) in [4.78, 5) is 4.66. The Hall–Kier alpha value is -1.28. The lowest BCUT2D eigenvalue weighted by molar-refractivity contribution is 0.136. The SMILES string of the molecule is CCNC(=NCC1CCCC1O)NC(C)c1cc2ccccc2o1.I. The highest BCUT2D eigenvalue weighted by Crippen LogP contribution is 2.26. The molecule has 0 bridgehead atoms. The summed E-state index contributed by atoms with van der Waals surface area (Å²) in [7, 11) is 0. The fraction of sp³-hybridized carbons (Fsp3) is 0.526. The molecule has 2 aromatic rings. The average Bonchev–Trinajstić information content (AvgIpc) is 3.18. The van der Waals surface area contributed by atoms with Gasteiger partial charge in [0.1, 0.15) is 11.3 Å². The predicted octanol–water partition coefficient (Wildman–Crippen LogP) is 3.83. The smallest absolute Gasteiger partial charge is 0.191 e. The minimum absolute atomic E-state index is 0. The summed E-state index contributed by atoms with van der Waals surface area (Å²) in [5, 5.41) is 17.7. The molecular weight excluding hydrogens is 429 g/mol. The van der Waals surface area contributed by atoms with Crippen LogP contribution < -0.4 is 10.6 Å². The fourth-order valence-electron chi connectivity index (χ4n) is 3.25. The van der Waals surface area contributed by atoms with Crippen LogP contribution in [0, 0.1) is 5.92 Å². The van der Waals surface area contributed by atoms with Crippen LogP contribution in [0.4, 0.5) is 0 Å². The van der Waals surface area contributed by atoms with Gasteiger partial charge in [-0.2, -0.15) is 0 Å². The van der Waals surface area contributed by atoms with E-state index >= 15 is 0 Å². The molecule has 1 heterocycles. The number of furan rings is 1. The molecule has 25 heavy (non-hydrogen) atoms. The number of rotatable bonds is 5. The lowest BCUT2D eigenvalue weighted by Crippen LogP contribution is -2.39. The highest BCUT2D eigenvalue weighted by molar-refractivity contribution is 14.0. The number of aliphatic hydroxyl groups excluding tert-OH is 1. The Kier molecular flexibility index (Phi) is 7.56. The van der Waals surface area contributed by atoms with Gasteiger partial charge in [0.15, 0.2) is 5.96 Å². The van der Waals surface area contributed by atoms with E-state index < -0.39 is 0 Å². The maximum Gasteiger partial charge on any atom is 0.191 e. The summed E-state index contributed by atoms with van der Waals surface area (Å²) in [5.41, 5.74) is 0.900. The first-order valence-corrected chi connectivity index (χ1v) is 8.88. The van der Waals surface area contributed by atoms with Gasteiger partial charge in [0.2, 0.25) is 0 Å². The third-order valence-electron chi connectivity index (χ3n) is 4.67. The quantitative estimate of drug-likeness (QED) is 0.363. The standard InChI is InChI=1S/C19H27N3O2.HI/c1-3-20-19(21-12-15-8-6-9-16(15)23)22-13(2)18-11-14-7-4-5-10-17(14)24-18;/h4-5,7,10-11,13,15-16,23H,3,6,8-9,12H2,1-2H3,(H2,20,21,22);1H. The molecule has 0 aliphatic heterocycles. The second kappa shape index (κ2) is 9.43. The number of hydrogen-bond acceptors (Lipinski definition) is 3. The highest BCUT2D eigenvalue weighted by Gasteiger charge is 2.25. The zero-order valence-corrected chi connectivity index (χ0v) is 17.2. The van der Waals surface area contributed by atoms with Crippen molar-refractivity contribution in [2.45, 2.75) is 45.3 Å². The van der Waals surface area contributed by atoms with Crippen molar-refractivity contribution in [3.05, 3.63) is 36.1 Å². The molecule has 0 radical (unpaired) electrons. The van der Waals surface area contributed by atoms with Crippen LogP contribution in [0.15, 0.2) is 39.7 Å². The zero-order valence-electron chi connectivity index (χ0n) is 14.9. The van der Waals surface area contributed by atoms with E-state index in [1.807, 2.05) is 25.1 Å². The van der Waals surface area contributed by atoms with E-state index in [1.54, 1.807) is 0 Å². The first-order chi connectivity index (χ1) is 11.7. The molecule has 3 atom stereocenters. The minimum atomic E-state index is -0.204. The van der Waals surface area contributed by atoms with Crippen molar-refractivity contribution >= 4 is 40.9 Å². The zero-order chi connectivity index (χ0) is 16.9. The maximum atomic E-state index is 9.95. The number of nitrogens with zero attached hydrogens (tertiary/aromatic N) is 1. The third-order valence-corrected chi connectivity index (χ3v) is 4.67. The molecule has 3 rings (SSSR count). The molecule has 3 unspecified atom stereocenters. The molecule has 1 aromatic heterocycles. The topological polar surface area (TPSA) is 69.8 Å². The number of halogens is 1. The average molecular weight is 457 g/mol. The van der Waals surface area contributed by atoms with Crippen LogP contribution >= 0.6 is 24.0 Å². The summed E-state index contributed by atoms with van der Waals surface area (Å²) in [6, 6.07) is 10.1. The molecular formula is C19H28IN3O2. The van der Waals surface area contributed by atoms with Crippen LogP contribution in [0.5, 0.6) is 0 Å². The molecule has 3 N–H and O–H groups in total. The Morgan fingerprint density at radius 3 is 2.84 bits per heavy atom. The Balaban J connectivity index is 0.00000225. The van der Waals surface area contributed by atoms with E-state index in [0.29, 0.717) is 6.54 Å². The molecule has 1 fully saturated rings. The van der Waals surface area contributed by atoms with Crippen LogP contribution in [0.25, 0.3) is 11.0 Å². The van der Waals surface area contributed by atoms with Crippen LogP contribution in [-0.2, 0) is 0 Å². The first kappa shape index (κ1) is 20.0. The number of fused-ring (bicyclic) bond motifs is 1. The Morgan fingerprint density at radius 1 is 1.36 bits per heavy atom. The Morgan fingerprint density at radius 2 is 2.16 bits per heavy atom.